The van der Waals surface area contributed by atoms with Gasteiger partial charge in [0.25, 0.3) is 0 Å². The van der Waals surface area contributed by atoms with Crippen LogP contribution in [0.4, 0.5) is 0 Å². The Morgan fingerprint density at radius 1 is 1.53 bits per heavy atom. The fraction of sp³-hybridized carbons (Fsp3) is 0.333. The van der Waals surface area contributed by atoms with Crippen molar-refractivity contribution in [1.82, 2.24) is 5.32 Å². The minimum absolute atomic E-state index is 0.00129. The molecule has 1 aromatic carbocycles. The summed E-state index contributed by atoms with van der Waals surface area (Å²) < 4.78 is 5.29. The third kappa shape index (κ3) is 5.35. The van der Waals surface area contributed by atoms with Crippen molar-refractivity contribution in [3.8, 4) is 11.8 Å². The fourth-order valence-electron chi connectivity index (χ4n) is 1.21. The Hall–Kier alpha value is -1.48. The molecule has 0 saturated carbocycles. The molecule has 0 unspecified atom stereocenters. The number of rotatable bonds is 6. The number of hydrogen-bond acceptors (Lipinski definition) is 4. The molecule has 0 bridgehead atoms. The van der Waals surface area contributed by atoms with Crippen molar-refractivity contribution in [2.45, 2.75) is 12.5 Å². The molecule has 0 saturated heterocycles. The highest BCUT2D eigenvalue weighted by Crippen LogP contribution is 2.31. The second-order valence-electron chi connectivity index (χ2n) is 3.66. The van der Waals surface area contributed by atoms with Gasteiger partial charge in [-0.15, -0.1) is 0 Å². The third-order valence-electron chi connectivity index (χ3n) is 2.12. The van der Waals surface area contributed by atoms with Crippen molar-refractivity contribution < 1.29 is 14.6 Å². The molecule has 1 amide bonds. The van der Waals surface area contributed by atoms with Gasteiger partial charge in [-0.25, -0.2) is 0 Å². The van der Waals surface area contributed by atoms with Crippen LogP contribution in [-0.4, -0.2) is 30.3 Å². The standard InChI is InChI=1S/C12H12Cl2N2O3/c13-9-2-1-3-10(12(9)14)19-7-8(17)6-16-11(18)4-5-15/h1-3,8,17H,4,6-7H2,(H,16,18)/t8-/m1/s1. The molecule has 0 aliphatic carbocycles. The van der Waals surface area contributed by atoms with Crippen molar-refractivity contribution in [1.29, 1.82) is 5.26 Å². The van der Waals surface area contributed by atoms with Crippen LogP contribution < -0.4 is 10.1 Å². The number of benzene rings is 1. The zero-order valence-electron chi connectivity index (χ0n) is 9.90. The van der Waals surface area contributed by atoms with E-state index in [1.165, 1.54) is 0 Å². The normalized spacial score (nSPS) is 11.5. The van der Waals surface area contributed by atoms with E-state index >= 15 is 0 Å². The van der Waals surface area contributed by atoms with Crippen LogP contribution >= 0.6 is 23.2 Å². The predicted molar refractivity (Wildman–Crippen MR) is 71.2 cm³/mol. The van der Waals surface area contributed by atoms with Crippen LogP contribution in [0.2, 0.25) is 10.0 Å². The molecule has 1 rings (SSSR count). The van der Waals surface area contributed by atoms with Crippen LogP contribution in [0, 0.1) is 11.3 Å². The van der Waals surface area contributed by atoms with Gasteiger partial charge >= 0.3 is 0 Å². The topological polar surface area (TPSA) is 82.4 Å². The van der Waals surface area contributed by atoms with Crippen LogP contribution in [0.3, 0.4) is 0 Å². The molecule has 102 valence electrons. The Morgan fingerprint density at radius 2 is 2.26 bits per heavy atom. The highest BCUT2D eigenvalue weighted by Gasteiger charge is 2.10. The molecule has 2 N–H and O–H groups in total. The summed E-state index contributed by atoms with van der Waals surface area (Å²) in [6.07, 6.45) is -1.15. The van der Waals surface area contributed by atoms with Gasteiger partial charge in [-0.05, 0) is 12.1 Å². The number of hydrogen-bond donors (Lipinski definition) is 2. The van der Waals surface area contributed by atoms with E-state index in [9.17, 15) is 9.90 Å². The summed E-state index contributed by atoms with van der Waals surface area (Å²) in [4.78, 5) is 11.0. The smallest absolute Gasteiger partial charge is 0.234 e. The molecule has 0 aromatic heterocycles. The Balaban J connectivity index is 2.38. The van der Waals surface area contributed by atoms with E-state index in [4.69, 9.17) is 33.2 Å². The number of amides is 1. The number of halogens is 2. The quantitative estimate of drug-likeness (QED) is 0.839. The lowest BCUT2D eigenvalue weighted by molar-refractivity contribution is -0.120. The summed E-state index contributed by atoms with van der Waals surface area (Å²) in [5.74, 6) is -0.0843. The van der Waals surface area contributed by atoms with Crippen molar-refractivity contribution in [3.63, 3.8) is 0 Å². The first-order chi connectivity index (χ1) is 9.04. The zero-order chi connectivity index (χ0) is 14.3. The molecular weight excluding hydrogens is 291 g/mol. The molecule has 1 aromatic rings. The van der Waals surface area contributed by atoms with Crippen molar-refractivity contribution >= 4 is 29.1 Å². The summed E-state index contributed by atoms with van der Waals surface area (Å²) in [6.45, 7) is -0.0500. The molecule has 0 aliphatic heterocycles. The molecule has 0 aliphatic rings. The van der Waals surface area contributed by atoms with E-state index < -0.39 is 12.0 Å². The van der Waals surface area contributed by atoms with Crippen LogP contribution in [0.15, 0.2) is 18.2 Å². The van der Waals surface area contributed by atoms with E-state index in [-0.39, 0.29) is 24.6 Å². The van der Waals surface area contributed by atoms with E-state index in [0.717, 1.165) is 0 Å². The lowest BCUT2D eigenvalue weighted by Crippen LogP contribution is -2.35. The number of carbonyl (C=O) groups excluding carboxylic acids is 1. The van der Waals surface area contributed by atoms with Crippen LogP contribution in [0.25, 0.3) is 0 Å². The molecule has 0 radical (unpaired) electrons. The monoisotopic (exact) mass is 302 g/mol. The molecule has 19 heavy (non-hydrogen) atoms. The number of nitriles is 1. The Kier molecular flexibility index (Phi) is 6.43. The average molecular weight is 303 g/mol. The number of nitrogens with zero attached hydrogens (tertiary/aromatic N) is 1. The summed E-state index contributed by atoms with van der Waals surface area (Å²) in [5.41, 5.74) is 0. The number of aliphatic hydroxyl groups is 1. The number of ether oxygens (including phenoxy) is 1. The van der Waals surface area contributed by atoms with Crippen LogP contribution in [0.1, 0.15) is 6.42 Å². The highest BCUT2D eigenvalue weighted by atomic mass is 35.5. The maximum Gasteiger partial charge on any atom is 0.234 e. The molecule has 0 heterocycles. The fourth-order valence-corrected chi connectivity index (χ4v) is 1.55. The molecule has 5 nitrogen and oxygen atoms in total. The van der Waals surface area contributed by atoms with Gasteiger partial charge in [0, 0.05) is 6.54 Å². The molecule has 0 fully saturated rings. The lowest BCUT2D eigenvalue weighted by Gasteiger charge is -2.14. The molecule has 0 spiro atoms. The van der Waals surface area contributed by atoms with Crippen LogP contribution in [-0.2, 0) is 4.79 Å². The number of aliphatic hydroxyl groups excluding tert-OH is 1. The SMILES string of the molecule is N#CCC(=O)NC[C@@H](O)COc1cccc(Cl)c1Cl. The van der Waals surface area contributed by atoms with Crippen molar-refractivity contribution in [2.24, 2.45) is 0 Å². The van der Waals surface area contributed by atoms with Gasteiger partial charge in [-0.2, -0.15) is 5.26 Å². The predicted octanol–water partition coefficient (Wildman–Crippen LogP) is 1.76. The highest BCUT2D eigenvalue weighted by molar-refractivity contribution is 6.42. The Bertz CT molecular complexity index is 488. The summed E-state index contributed by atoms with van der Waals surface area (Å²) in [5, 5.41) is 20.9. The van der Waals surface area contributed by atoms with Crippen molar-refractivity contribution in [2.75, 3.05) is 13.2 Å². The first kappa shape index (κ1) is 15.6. The van der Waals surface area contributed by atoms with Crippen molar-refractivity contribution in [3.05, 3.63) is 28.2 Å². The van der Waals surface area contributed by atoms with Crippen LogP contribution in [0.5, 0.6) is 5.75 Å². The zero-order valence-corrected chi connectivity index (χ0v) is 11.4. The summed E-state index contributed by atoms with van der Waals surface area (Å²) in [7, 11) is 0. The van der Waals surface area contributed by atoms with E-state index in [0.29, 0.717) is 10.8 Å². The van der Waals surface area contributed by atoms with Gasteiger partial charge in [-0.3, -0.25) is 4.79 Å². The summed E-state index contributed by atoms with van der Waals surface area (Å²) in [6, 6.07) is 6.62. The van der Waals surface area contributed by atoms with Gasteiger partial charge in [0.05, 0.1) is 11.1 Å². The first-order valence-electron chi connectivity index (χ1n) is 5.43. The first-order valence-corrected chi connectivity index (χ1v) is 6.18. The Labute approximate surface area is 120 Å². The maximum atomic E-state index is 11.0. The van der Waals surface area contributed by atoms with Gasteiger partial charge < -0.3 is 15.2 Å². The average Bonchev–Trinajstić information content (AvgIpc) is 2.38. The molecule has 1 atom stereocenters. The largest absolute Gasteiger partial charge is 0.489 e. The maximum absolute atomic E-state index is 11.0. The third-order valence-corrected chi connectivity index (χ3v) is 2.92. The second-order valence-corrected chi connectivity index (χ2v) is 4.44. The minimum Gasteiger partial charge on any atom is -0.489 e. The molecule has 7 heteroatoms. The number of carbonyl (C=O) groups is 1. The van der Waals surface area contributed by atoms with Gasteiger partial charge in [0.2, 0.25) is 5.91 Å². The van der Waals surface area contributed by atoms with Gasteiger partial charge in [0.1, 0.15) is 29.9 Å². The Morgan fingerprint density at radius 3 is 2.95 bits per heavy atom. The molecular formula is C12H12Cl2N2O3. The van der Waals surface area contributed by atoms with Gasteiger partial charge in [0.15, 0.2) is 0 Å². The number of nitrogens with one attached hydrogen (secondary N) is 1. The van der Waals surface area contributed by atoms with Gasteiger partial charge in [-0.1, -0.05) is 29.3 Å². The second kappa shape index (κ2) is 7.85. The van der Waals surface area contributed by atoms with E-state index in [1.807, 2.05) is 0 Å². The lowest BCUT2D eigenvalue weighted by atomic mass is 10.3. The van der Waals surface area contributed by atoms with E-state index in [2.05, 4.69) is 5.32 Å². The summed E-state index contributed by atoms with van der Waals surface area (Å²) >= 11 is 11.7. The minimum atomic E-state index is -0.905. The van der Waals surface area contributed by atoms with E-state index in [1.54, 1.807) is 24.3 Å².